The van der Waals surface area contributed by atoms with Gasteiger partial charge in [0.2, 0.25) is 11.8 Å². The number of nitrogens with one attached hydrogen (secondary N) is 2. The first-order valence-corrected chi connectivity index (χ1v) is 9.67. The normalized spacial score (nSPS) is 11.7. The molecule has 0 aliphatic carbocycles. The van der Waals surface area contributed by atoms with Crippen LogP contribution in [0.25, 0.3) is 11.5 Å². The van der Waals surface area contributed by atoms with Crippen molar-refractivity contribution < 1.29 is 18.9 Å². The number of aromatic nitrogens is 1. The molecule has 0 radical (unpaired) electrons. The lowest BCUT2D eigenvalue weighted by Crippen LogP contribution is -2.41. The number of amides is 2. The minimum Gasteiger partial charge on any atom is -0.441 e. The molecule has 0 aliphatic heterocycles. The molecule has 0 spiro atoms. The third kappa shape index (κ3) is 5.33. The lowest BCUT2D eigenvalue weighted by Gasteiger charge is -2.14. The van der Waals surface area contributed by atoms with Crippen LogP contribution < -0.4 is 10.6 Å². The number of hydrogen-bond donors (Lipinski definition) is 2. The minimum atomic E-state index is -0.855. The van der Waals surface area contributed by atoms with Crippen molar-refractivity contribution in [2.24, 2.45) is 0 Å². The topological polar surface area (TPSA) is 127 Å². The molecule has 3 aromatic rings. The summed E-state index contributed by atoms with van der Waals surface area (Å²) in [4.78, 5) is 39.3. The second kappa shape index (κ2) is 9.21. The van der Waals surface area contributed by atoms with Crippen molar-refractivity contribution in [2.75, 3.05) is 5.32 Å². The second-order valence-electron chi connectivity index (χ2n) is 7.29. The zero-order valence-corrected chi connectivity index (χ0v) is 17.3. The molecule has 0 aliphatic rings. The highest BCUT2D eigenvalue weighted by Gasteiger charge is 2.18. The molecule has 2 amide bonds. The van der Waals surface area contributed by atoms with Crippen LogP contribution in [0.5, 0.6) is 0 Å². The van der Waals surface area contributed by atoms with Crippen LogP contribution in [0.2, 0.25) is 0 Å². The average molecular weight is 422 g/mol. The maximum absolute atomic E-state index is 12.4. The van der Waals surface area contributed by atoms with Gasteiger partial charge in [-0.1, -0.05) is 19.9 Å². The van der Waals surface area contributed by atoms with Gasteiger partial charge in [-0.25, -0.2) is 4.98 Å². The smallest absolute Gasteiger partial charge is 0.270 e. The van der Waals surface area contributed by atoms with Crippen LogP contribution in [0, 0.1) is 10.1 Å². The van der Waals surface area contributed by atoms with E-state index in [-0.39, 0.29) is 17.2 Å². The number of benzene rings is 2. The standard InChI is InChI=1S/C22H22N4O5/c1-13(2)19-12-23-22(31-19)15-7-9-17(10-8-15)25-20(27)14(3)24-21(28)16-5-4-6-18(11-16)26(29)30/h4-14H,1-3H3,(H,24,28)(H,25,27). The van der Waals surface area contributed by atoms with Gasteiger partial charge in [-0.05, 0) is 37.3 Å². The van der Waals surface area contributed by atoms with Crippen molar-refractivity contribution in [3.63, 3.8) is 0 Å². The van der Waals surface area contributed by atoms with Gasteiger partial charge in [0.1, 0.15) is 11.8 Å². The molecule has 9 heteroatoms. The molecule has 31 heavy (non-hydrogen) atoms. The van der Waals surface area contributed by atoms with E-state index in [2.05, 4.69) is 15.6 Å². The lowest BCUT2D eigenvalue weighted by molar-refractivity contribution is -0.384. The second-order valence-corrected chi connectivity index (χ2v) is 7.29. The Kier molecular flexibility index (Phi) is 6.44. The molecule has 1 unspecified atom stereocenters. The van der Waals surface area contributed by atoms with E-state index in [1.54, 1.807) is 30.5 Å². The van der Waals surface area contributed by atoms with Crippen LogP contribution in [-0.4, -0.2) is 27.8 Å². The largest absolute Gasteiger partial charge is 0.441 e. The Morgan fingerprint density at radius 2 is 1.81 bits per heavy atom. The fraction of sp³-hybridized carbons (Fsp3) is 0.227. The molecule has 1 aromatic heterocycles. The van der Waals surface area contributed by atoms with Crippen molar-refractivity contribution >= 4 is 23.2 Å². The zero-order chi connectivity index (χ0) is 22.5. The predicted octanol–water partition coefficient (Wildman–Crippen LogP) is 4.13. The quantitative estimate of drug-likeness (QED) is 0.435. The van der Waals surface area contributed by atoms with Crippen molar-refractivity contribution in [2.45, 2.75) is 32.7 Å². The Morgan fingerprint density at radius 3 is 2.42 bits per heavy atom. The molecule has 0 bridgehead atoms. The summed E-state index contributed by atoms with van der Waals surface area (Å²) in [5.74, 6) is 0.523. The third-order valence-electron chi connectivity index (χ3n) is 4.55. The Morgan fingerprint density at radius 1 is 1.10 bits per heavy atom. The molecule has 0 saturated carbocycles. The minimum absolute atomic E-state index is 0.102. The van der Waals surface area contributed by atoms with Gasteiger partial charge in [-0.15, -0.1) is 0 Å². The maximum atomic E-state index is 12.4. The molecule has 160 valence electrons. The van der Waals surface area contributed by atoms with Crippen LogP contribution in [0.15, 0.2) is 59.1 Å². The zero-order valence-electron chi connectivity index (χ0n) is 17.3. The van der Waals surface area contributed by atoms with E-state index in [1.165, 1.54) is 25.1 Å². The van der Waals surface area contributed by atoms with E-state index in [4.69, 9.17) is 4.42 Å². The summed E-state index contributed by atoms with van der Waals surface area (Å²) in [5.41, 5.74) is 1.22. The van der Waals surface area contributed by atoms with Crippen LogP contribution >= 0.6 is 0 Å². The first kappa shape index (κ1) is 21.7. The van der Waals surface area contributed by atoms with Gasteiger partial charge in [0.05, 0.1) is 11.1 Å². The number of hydrogen-bond acceptors (Lipinski definition) is 6. The van der Waals surface area contributed by atoms with E-state index >= 15 is 0 Å². The fourth-order valence-electron chi connectivity index (χ4n) is 2.74. The monoisotopic (exact) mass is 422 g/mol. The van der Waals surface area contributed by atoms with Crippen LogP contribution in [0.4, 0.5) is 11.4 Å². The SMILES string of the molecule is CC(NC(=O)c1cccc([N+](=O)[O-])c1)C(=O)Nc1ccc(-c2ncc(C(C)C)o2)cc1. The number of nitrogens with zero attached hydrogens (tertiary/aromatic N) is 2. The summed E-state index contributed by atoms with van der Waals surface area (Å²) in [7, 11) is 0. The highest BCUT2D eigenvalue weighted by atomic mass is 16.6. The molecule has 1 heterocycles. The molecule has 0 fully saturated rings. The van der Waals surface area contributed by atoms with Crippen LogP contribution in [-0.2, 0) is 4.79 Å². The van der Waals surface area contributed by atoms with Gasteiger partial charge in [0.25, 0.3) is 11.6 Å². The van der Waals surface area contributed by atoms with Gasteiger partial charge in [0, 0.05) is 34.9 Å². The Hall–Kier alpha value is -4.01. The summed E-state index contributed by atoms with van der Waals surface area (Å²) >= 11 is 0. The molecule has 3 rings (SSSR count). The highest BCUT2D eigenvalue weighted by Crippen LogP contribution is 2.24. The van der Waals surface area contributed by atoms with Gasteiger partial charge in [-0.3, -0.25) is 19.7 Å². The number of anilines is 1. The van der Waals surface area contributed by atoms with Crippen molar-refractivity contribution in [1.29, 1.82) is 0 Å². The van der Waals surface area contributed by atoms with Gasteiger partial charge >= 0.3 is 0 Å². The highest BCUT2D eigenvalue weighted by molar-refractivity contribution is 6.01. The summed E-state index contributed by atoms with van der Waals surface area (Å²) in [5, 5.41) is 16.1. The average Bonchev–Trinajstić information content (AvgIpc) is 3.25. The van der Waals surface area contributed by atoms with E-state index < -0.39 is 22.8 Å². The van der Waals surface area contributed by atoms with E-state index in [0.717, 1.165) is 17.4 Å². The van der Waals surface area contributed by atoms with Crippen molar-refractivity contribution in [3.8, 4) is 11.5 Å². The van der Waals surface area contributed by atoms with Crippen LogP contribution in [0.3, 0.4) is 0 Å². The molecular formula is C22H22N4O5. The van der Waals surface area contributed by atoms with Gasteiger partial charge in [0.15, 0.2) is 0 Å². The fourth-order valence-corrected chi connectivity index (χ4v) is 2.74. The first-order chi connectivity index (χ1) is 14.7. The summed E-state index contributed by atoms with van der Waals surface area (Å²) in [6, 6.07) is 11.4. The van der Waals surface area contributed by atoms with Crippen LogP contribution in [0.1, 0.15) is 42.8 Å². The van der Waals surface area contributed by atoms with Crippen molar-refractivity contribution in [1.82, 2.24) is 10.3 Å². The Labute approximate surface area is 178 Å². The molecule has 1 atom stereocenters. The molecule has 9 nitrogen and oxygen atoms in total. The summed E-state index contributed by atoms with van der Waals surface area (Å²) < 4.78 is 5.71. The number of nitro benzene ring substituents is 1. The number of oxazole rings is 1. The van der Waals surface area contributed by atoms with E-state index in [0.29, 0.717) is 11.6 Å². The van der Waals surface area contributed by atoms with Crippen molar-refractivity contribution in [3.05, 3.63) is 76.2 Å². The maximum Gasteiger partial charge on any atom is 0.270 e. The first-order valence-electron chi connectivity index (χ1n) is 9.67. The predicted molar refractivity (Wildman–Crippen MR) is 115 cm³/mol. The number of carbonyl (C=O) groups is 2. The number of carbonyl (C=O) groups excluding carboxylic acids is 2. The number of non-ortho nitro benzene ring substituents is 1. The molecule has 0 saturated heterocycles. The van der Waals surface area contributed by atoms with E-state index in [9.17, 15) is 19.7 Å². The summed E-state index contributed by atoms with van der Waals surface area (Å²) in [6.07, 6.45) is 1.70. The lowest BCUT2D eigenvalue weighted by atomic mass is 10.1. The molecule has 2 aromatic carbocycles. The summed E-state index contributed by atoms with van der Waals surface area (Å²) in [6.45, 7) is 5.56. The number of rotatable bonds is 7. The number of nitro groups is 1. The Bertz CT molecular complexity index is 1110. The third-order valence-corrected chi connectivity index (χ3v) is 4.55. The van der Waals surface area contributed by atoms with Gasteiger partial charge < -0.3 is 15.1 Å². The van der Waals surface area contributed by atoms with E-state index in [1.807, 2.05) is 13.8 Å². The molecule has 2 N–H and O–H groups in total. The Balaban J connectivity index is 1.60. The van der Waals surface area contributed by atoms with Gasteiger partial charge in [-0.2, -0.15) is 0 Å². The molecular weight excluding hydrogens is 400 g/mol.